The number of hydrogen-bond donors (Lipinski definition) is 1. The minimum Gasteiger partial charge on any atom is -0.462 e. The van der Waals surface area contributed by atoms with E-state index in [0.29, 0.717) is 17.8 Å². The first kappa shape index (κ1) is 18.6. The predicted molar refractivity (Wildman–Crippen MR) is 102 cm³/mol. The first-order chi connectivity index (χ1) is 13.1. The lowest BCUT2D eigenvalue weighted by Crippen LogP contribution is -2.33. The van der Waals surface area contributed by atoms with E-state index in [-0.39, 0.29) is 0 Å². The Bertz CT molecular complexity index is 917. The molecule has 0 aliphatic carbocycles. The van der Waals surface area contributed by atoms with Crippen LogP contribution in [-0.2, 0) is 27.3 Å². The number of nitrogens with one attached hydrogen (secondary N) is 1. The lowest BCUT2D eigenvalue weighted by atomic mass is 9.87. The molecule has 0 radical (unpaired) electrons. The maximum absolute atomic E-state index is 12.1. The zero-order chi connectivity index (χ0) is 19.4. The third kappa shape index (κ3) is 3.69. The third-order valence-corrected chi connectivity index (χ3v) is 4.87. The van der Waals surface area contributed by atoms with Crippen molar-refractivity contribution in [3.8, 4) is 17.2 Å². The minimum atomic E-state index is -0.983. The van der Waals surface area contributed by atoms with Crippen LogP contribution in [0.5, 0.6) is 0 Å². The van der Waals surface area contributed by atoms with Gasteiger partial charge in [-0.1, -0.05) is 37.3 Å². The fourth-order valence-corrected chi connectivity index (χ4v) is 3.45. The molecule has 138 valence electrons. The van der Waals surface area contributed by atoms with Gasteiger partial charge in [-0.05, 0) is 41.3 Å². The van der Waals surface area contributed by atoms with Gasteiger partial charge in [-0.25, -0.2) is 4.79 Å². The number of amides is 1. The second-order valence-corrected chi connectivity index (χ2v) is 6.35. The number of benzene rings is 2. The molecule has 3 rings (SSSR count). The first-order valence-corrected chi connectivity index (χ1v) is 8.85. The highest BCUT2D eigenvalue weighted by Crippen LogP contribution is 2.37. The number of hydrogen-bond acceptors (Lipinski definition) is 5. The minimum absolute atomic E-state index is 0.336. The highest BCUT2D eigenvalue weighted by Gasteiger charge is 2.26. The van der Waals surface area contributed by atoms with Crippen molar-refractivity contribution < 1.29 is 14.3 Å². The normalized spacial score (nSPS) is 13.4. The van der Waals surface area contributed by atoms with E-state index >= 15 is 0 Å². The smallest absolute Gasteiger partial charge is 0.396 e. The highest BCUT2D eigenvalue weighted by atomic mass is 16.5. The SMILES string of the molecule is CCN1CCc2c(-c3ccccc3)cc(C#N)c(NC(=O)C(=O)OC)c2C1. The molecule has 0 aromatic heterocycles. The molecular formula is C21H21N3O3. The number of carbonyl (C=O) groups excluding carboxylic acids is 2. The Labute approximate surface area is 158 Å². The van der Waals surface area contributed by atoms with Crippen LogP contribution in [0.15, 0.2) is 36.4 Å². The van der Waals surface area contributed by atoms with E-state index < -0.39 is 11.9 Å². The van der Waals surface area contributed by atoms with Crippen molar-refractivity contribution in [2.45, 2.75) is 19.9 Å². The van der Waals surface area contributed by atoms with Gasteiger partial charge in [0.2, 0.25) is 0 Å². The van der Waals surface area contributed by atoms with Crippen LogP contribution in [0.4, 0.5) is 5.69 Å². The van der Waals surface area contributed by atoms with Crippen LogP contribution in [0.3, 0.4) is 0 Å². The van der Waals surface area contributed by atoms with Gasteiger partial charge in [0, 0.05) is 13.1 Å². The third-order valence-electron chi connectivity index (χ3n) is 4.87. The van der Waals surface area contributed by atoms with E-state index in [1.165, 1.54) is 0 Å². The molecule has 0 bridgehead atoms. The van der Waals surface area contributed by atoms with Gasteiger partial charge in [-0.2, -0.15) is 5.26 Å². The number of ether oxygens (including phenoxy) is 1. The van der Waals surface area contributed by atoms with E-state index in [1.807, 2.05) is 30.3 Å². The topological polar surface area (TPSA) is 82.4 Å². The number of rotatable bonds is 3. The molecule has 1 heterocycles. The molecule has 1 aliphatic heterocycles. The summed E-state index contributed by atoms with van der Waals surface area (Å²) in [6, 6.07) is 13.8. The molecule has 0 unspecified atom stereocenters. The van der Waals surface area contributed by atoms with E-state index in [4.69, 9.17) is 0 Å². The van der Waals surface area contributed by atoms with Crippen molar-refractivity contribution in [3.63, 3.8) is 0 Å². The van der Waals surface area contributed by atoms with Crippen LogP contribution in [0.2, 0.25) is 0 Å². The Morgan fingerprint density at radius 2 is 2.00 bits per heavy atom. The predicted octanol–water partition coefficient (Wildman–Crippen LogP) is 2.71. The number of methoxy groups -OCH3 is 1. The van der Waals surface area contributed by atoms with E-state index in [0.717, 1.165) is 48.9 Å². The van der Waals surface area contributed by atoms with Gasteiger partial charge >= 0.3 is 11.9 Å². The van der Waals surface area contributed by atoms with E-state index in [9.17, 15) is 14.9 Å². The molecule has 0 saturated heterocycles. The second-order valence-electron chi connectivity index (χ2n) is 6.35. The van der Waals surface area contributed by atoms with Crippen LogP contribution in [0, 0.1) is 11.3 Å². The summed E-state index contributed by atoms with van der Waals surface area (Å²) >= 11 is 0. The Hall–Kier alpha value is -3.17. The molecule has 27 heavy (non-hydrogen) atoms. The summed E-state index contributed by atoms with van der Waals surface area (Å²) in [6.45, 7) is 4.45. The molecular weight excluding hydrogens is 342 g/mol. The number of nitriles is 1. The van der Waals surface area contributed by atoms with E-state index in [1.54, 1.807) is 6.07 Å². The number of anilines is 1. The van der Waals surface area contributed by atoms with Crippen molar-refractivity contribution in [2.75, 3.05) is 25.5 Å². The van der Waals surface area contributed by atoms with Crippen molar-refractivity contribution in [1.29, 1.82) is 5.26 Å². The average Bonchev–Trinajstić information content (AvgIpc) is 2.73. The maximum Gasteiger partial charge on any atom is 0.396 e. The van der Waals surface area contributed by atoms with Crippen molar-refractivity contribution in [2.24, 2.45) is 0 Å². The summed E-state index contributed by atoms with van der Waals surface area (Å²) in [5, 5.41) is 12.3. The van der Waals surface area contributed by atoms with Crippen LogP contribution in [0.1, 0.15) is 23.6 Å². The Morgan fingerprint density at radius 1 is 1.26 bits per heavy atom. The Kier molecular flexibility index (Phi) is 5.53. The second kappa shape index (κ2) is 8.02. The molecule has 1 aliphatic rings. The van der Waals surface area contributed by atoms with Crippen LogP contribution in [-0.4, -0.2) is 37.0 Å². The van der Waals surface area contributed by atoms with Gasteiger partial charge in [0.05, 0.1) is 18.4 Å². The average molecular weight is 363 g/mol. The van der Waals surface area contributed by atoms with Crippen LogP contribution < -0.4 is 5.32 Å². The first-order valence-electron chi connectivity index (χ1n) is 8.85. The molecule has 0 atom stereocenters. The monoisotopic (exact) mass is 363 g/mol. The largest absolute Gasteiger partial charge is 0.462 e. The molecule has 6 heteroatoms. The number of esters is 1. The molecule has 6 nitrogen and oxygen atoms in total. The molecule has 0 saturated carbocycles. The Morgan fingerprint density at radius 3 is 2.63 bits per heavy atom. The van der Waals surface area contributed by atoms with Crippen molar-refractivity contribution >= 4 is 17.6 Å². The lowest BCUT2D eigenvalue weighted by molar-refractivity contribution is -0.150. The zero-order valence-corrected chi connectivity index (χ0v) is 15.4. The molecule has 1 amide bonds. The molecule has 0 fully saturated rings. The van der Waals surface area contributed by atoms with Crippen molar-refractivity contribution in [3.05, 3.63) is 53.1 Å². The summed E-state index contributed by atoms with van der Waals surface area (Å²) < 4.78 is 4.49. The fraction of sp³-hybridized carbons (Fsp3) is 0.286. The number of nitrogens with zero attached hydrogens (tertiary/aromatic N) is 2. The molecule has 2 aromatic rings. The maximum atomic E-state index is 12.1. The summed E-state index contributed by atoms with van der Waals surface area (Å²) in [4.78, 5) is 25.9. The summed E-state index contributed by atoms with van der Waals surface area (Å²) in [5.74, 6) is -1.86. The highest BCUT2D eigenvalue weighted by molar-refractivity contribution is 6.37. The van der Waals surface area contributed by atoms with Gasteiger partial charge < -0.3 is 10.1 Å². The van der Waals surface area contributed by atoms with E-state index in [2.05, 4.69) is 27.9 Å². The van der Waals surface area contributed by atoms with Gasteiger partial charge in [0.1, 0.15) is 6.07 Å². The molecule has 1 N–H and O–H groups in total. The quantitative estimate of drug-likeness (QED) is 0.670. The molecule has 2 aromatic carbocycles. The van der Waals surface area contributed by atoms with Crippen LogP contribution in [0.25, 0.3) is 11.1 Å². The number of carbonyl (C=O) groups is 2. The standard InChI is InChI=1S/C21H21N3O3/c1-3-24-10-9-16-17(14-7-5-4-6-8-14)11-15(12-22)19(18(16)13-24)23-20(25)21(26)27-2/h4-8,11H,3,9-10,13H2,1-2H3,(H,23,25). The number of likely N-dealkylation sites (N-methyl/N-ethyl adjacent to an activating group) is 1. The van der Waals surface area contributed by atoms with Gasteiger partial charge in [0.25, 0.3) is 0 Å². The lowest BCUT2D eigenvalue weighted by Gasteiger charge is -2.31. The van der Waals surface area contributed by atoms with Gasteiger partial charge in [0.15, 0.2) is 0 Å². The summed E-state index contributed by atoms with van der Waals surface area (Å²) in [6.07, 6.45) is 0.806. The zero-order valence-electron chi connectivity index (χ0n) is 15.4. The Balaban J connectivity index is 2.17. The fourth-order valence-electron chi connectivity index (χ4n) is 3.45. The summed E-state index contributed by atoms with van der Waals surface area (Å²) in [7, 11) is 1.15. The van der Waals surface area contributed by atoms with Crippen LogP contribution >= 0.6 is 0 Å². The number of fused-ring (bicyclic) bond motifs is 1. The van der Waals surface area contributed by atoms with Crippen molar-refractivity contribution in [1.82, 2.24) is 4.90 Å². The summed E-state index contributed by atoms with van der Waals surface area (Å²) in [5.41, 5.74) is 4.75. The molecule has 0 spiro atoms. The van der Waals surface area contributed by atoms with Gasteiger partial charge in [-0.3, -0.25) is 9.69 Å². The van der Waals surface area contributed by atoms with Gasteiger partial charge in [-0.15, -0.1) is 0 Å².